The Bertz CT molecular complexity index is 641. The number of hydrogen-bond acceptors (Lipinski definition) is 3. The number of aryl methyl sites for hydroxylation is 2. The Morgan fingerprint density at radius 3 is 2.74 bits per heavy atom. The minimum Gasteiger partial charge on any atom is -0.398 e. The third-order valence-corrected chi connectivity index (χ3v) is 3.28. The van der Waals surface area contributed by atoms with E-state index < -0.39 is 0 Å². The van der Waals surface area contributed by atoms with Crippen LogP contribution in [0.1, 0.15) is 21.5 Å². The summed E-state index contributed by atoms with van der Waals surface area (Å²) in [6.45, 7) is 3.75. The van der Waals surface area contributed by atoms with Crippen molar-refractivity contribution in [2.24, 2.45) is 0 Å². The van der Waals surface area contributed by atoms with Crippen LogP contribution < -0.4 is 11.1 Å². The monoisotopic (exact) mass is 319 g/mol. The van der Waals surface area contributed by atoms with Crippen LogP contribution in [0.4, 0.5) is 11.5 Å². The van der Waals surface area contributed by atoms with E-state index in [-0.39, 0.29) is 5.91 Å². The van der Waals surface area contributed by atoms with Crippen molar-refractivity contribution in [1.29, 1.82) is 0 Å². The number of hydrogen-bond donors (Lipinski definition) is 2. The summed E-state index contributed by atoms with van der Waals surface area (Å²) in [5, 5.41) is 2.77. The minimum atomic E-state index is -0.251. The number of carbonyl (C=O) groups is 1. The van der Waals surface area contributed by atoms with E-state index in [2.05, 4.69) is 26.2 Å². The molecule has 1 aromatic heterocycles. The first-order chi connectivity index (χ1) is 8.99. The van der Waals surface area contributed by atoms with E-state index in [1.165, 1.54) is 0 Å². The largest absolute Gasteiger partial charge is 0.398 e. The van der Waals surface area contributed by atoms with Crippen LogP contribution in [0.25, 0.3) is 0 Å². The lowest BCUT2D eigenvalue weighted by Gasteiger charge is -2.10. The number of para-hydroxylation sites is 1. The first kappa shape index (κ1) is 13.5. The molecule has 0 aliphatic carbocycles. The fraction of sp³-hybridized carbons (Fsp3) is 0.143. The zero-order valence-electron chi connectivity index (χ0n) is 10.7. The van der Waals surface area contributed by atoms with Gasteiger partial charge in [0.1, 0.15) is 5.82 Å². The third-order valence-electron chi connectivity index (χ3n) is 2.85. The van der Waals surface area contributed by atoms with Gasteiger partial charge in [-0.15, -0.1) is 0 Å². The Balaban J connectivity index is 2.28. The highest BCUT2D eigenvalue weighted by Gasteiger charge is 2.12. The van der Waals surface area contributed by atoms with E-state index in [4.69, 9.17) is 5.73 Å². The second kappa shape index (κ2) is 5.40. The van der Waals surface area contributed by atoms with Crippen molar-refractivity contribution < 1.29 is 4.79 Å². The molecule has 4 nitrogen and oxygen atoms in total. The predicted molar refractivity (Wildman–Crippen MR) is 80.2 cm³/mol. The molecule has 0 saturated heterocycles. The molecule has 98 valence electrons. The van der Waals surface area contributed by atoms with Gasteiger partial charge in [-0.1, -0.05) is 12.1 Å². The summed E-state index contributed by atoms with van der Waals surface area (Å²) in [4.78, 5) is 16.4. The number of nitrogens with one attached hydrogen (secondary N) is 1. The SMILES string of the molecule is Cc1cc(Br)cnc1NC(=O)c1cccc(C)c1N. The molecular formula is C14H14BrN3O. The molecule has 2 aromatic rings. The topological polar surface area (TPSA) is 68.0 Å². The van der Waals surface area contributed by atoms with E-state index in [1.54, 1.807) is 12.3 Å². The molecule has 0 bridgehead atoms. The lowest BCUT2D eigenvalue weighted by molar-refractivity contribution is 0.102. The third kappa shape index (κ3) is 2.93. The summed E-state index contributed by atoms with van der Waals surface area (Å²) < 4.78 is 0.873. The van der Waals surface area contributed by atoms with Crippen molar-refractivity contribution in [3.05, 3.63) is 51.6 Å². The average Bonchev–Trinajstić information content (AvgIpc) is 2.36. The number of rotatable bonds is 2. The fourth-order valence-corrected chi connectivity index (χ4v) is 2.17. The Morgan fingerprint density at radius 1 is 1.32 bits per heavy atom. The number of anilines is 2. The molecule has 0 atom stereocenters. The molecule has 2 rings (SSSR count). The molecule has 19 heavy (non-hydrogen) atoms. The molecule has 3 N–H and O–H groups in total. The molecular weight excluding hydrogens is 306 g/mol. The number of nitrogens with two attached hydrogens (primary N) is 1. The Labute approximate surface area is 120 Å². The van der Waals surface area contributed by atoms with Gasteiger partial charge < -0.3 is 11.1 Å². The van der Waals surface area contributed by atoms with E-state index in [0.717, 1.165) is 15.6 Å². The van der Waals surface area contributed by atoms with Crippen LogP contribution >= 0.6 is 15.9 Å². The van der Waals surface area contributed by atoms with Crippen molar-refractivity contribution in [3.63, 3.8) is 0 Å². The molecule has 0 saturated carbocycles. The zero-order valence-corrected chi connectivity index (χ0v) is 12.3. The summed E-state index contributed by atoms with van der Waals surface area (Å²) in [7, 11) is 0. The highest BCUT2D eigenvalue weighted by atomic mass is 79.9. The van der Waals surface area contributed by atoms with Gasteiger partial charge in [0.05, 0.1) is 5.56 Å². The molecule has 0 aliphatic heterocycles. The Kier molecular flexibility index (Phi) is 3.85. The molecule has 0 fully saturated rings. The second-order valence-corrected chi connectivity index (χ2v) is 5.22. The van der Waals surface area contributed by atoms with Gasteiger partial charge in [0.25, 0.3) is 5.91 Å². The summed E-state index contributed by atoms with van der Waals surface area (Å²) in [6, 6.07) is 7.27. The number of halogens is 1. The second-order valence-electron chi connectivity index (χ2n) is 4.31. The lowest BCUT2D eigenvalue weighted by Crippen LogP contribution is -2.16. The summed E-state index contributed by atoms with van der Waals surface area (Å²) >= 11 is 3.33. The standard InChI is InChI=1S/C14H14BrN3O/c1-8-4-3-5-11(12(8)16)14(19)18-13-9(2)6-10(15)7-17-13/h3-7H,16H2,1-2H3,(H,17,18,19). The van der Waals surface area contributed by atoms with Gasteiger partial charge in [-0.2, -0.15) is 0 Å². The van der Waals surface area contributed by atoms with Crippen LogP contribution in [0.5, 0.6) is 0 Å². The molecule has 0 radical (unpaired) electrons. The fourth-order valence-electron chi connectivity index (χ4n) is 1.72. The normalized spacial score (nSPS) is 10.3. The van der Waals surface area contributed by atoms with E-state index >= 15 is 0 Å². The molecule has 0 spiro atoms. The highest BCUT2D eigenvalue weighted by Crippen LogP contribution is 2.20. The maximum Gasteiger partial charge on any atom is 0.258 e. The van der Waals surface area contributed by atoms with Crippen LogP contribution in [0.2, 0.25) is 0 Å². The summed E-state index contributed by atoms with van der Waals surface area (Å²) in [6.07, 6.45) is 1.64. The first-order valence-electron chi connectivity index (χ1n) is 5.77. The van der Waals surface area contributed by atoms with Crippen LogP contribution in [-0.2, 0) is 0 Å². The van der Waals surface area contributed by atoms with Gasteiger partial charge >= 0.3 is 0 Å². The Morgan fingerprint density at radius 2 is 2.05 bits per heavy atom. The van der Waals surface area contributed by atoms with E-state index in [1.807, 2.05) is 32.0 Å². The molecule has 5 heteroatoms. The van der Waals surface area contributed by atoms with Crippen molar-refractivity contribution >= 4 is 33.3 Å². The van der Waals surface area contributed by atoms with Gasteiger partial charge in [-0.3, -0.25) is 4.79 Å². The van der Waals surface area contributed by atoms with Gasteiger partial charge in [0.2, 0.25) is 0 Å². The van der Waals surface area contributed by atoms with Crippen LogP contribution in [0, 0.1) is 13.8 Å². The molecule has 1 amide bonds. The van der Waals surface area contributed by atoms with E-state index in [0.29, 0.717) is 17.1 Å². The van der Waals surface area contributed by atoms with E-state index in [9.17, 15) is 4.79 Å². The van der Waals surface area contributed by atoms with Crippen molar-refractivity contribution in [2.75, 3.05) is 11.1 Å². The smallest absolute Gasteiger partial charge is 0.258 e. The predicted octanol–water partition coefficient (Wildman–Crippen LogP) is 3.30. The van der Waals surface area contributed by atoms with Crippen molar-refractivity contribution in [1.82, 2.24) is 4.98 Å². The van der Waals surface area contributed by atoms with Crippen LogP contribution in [-0.4, -0.2) is 10.9 Å². The maximum atomic E-state index is 12.2. The summed E-state index contributed by atoms with van der Waals surface area (Å²) in [5.41, 5.74) is 8.63. The molecule has 0 unspecified atom stereocenters. The quantitative estimate of drug-likeness (QED) is 0.834. The molecule has 1 heterocycles. The molecule has 0 aliphatic rings. The van der Waals surface area contributed by atoms with Gasteiger partial charge in [0, 0.05) is 16.4 Å². The number of carbonyl (C=O) groups excluding carboxylic acids is 1. The van der Waals surface area contributed by atoms with Gasteiger partial charge in [0.15, 0.2) is 0 Å². The van der Waals surface area contributed by atoms with Gasteiger partial charge in [-0.25, -0.2) is 4.98 Å². The minimum absolute atomic E-state index is 0.251. The van der Waals surface area contributed by atoms with Crippen molar-refractivity contribution in [3.8, 4) is 0 Å². The van der Waals surface area contributed by atoms with Crippen LogP contribution in [0.3, 0.4) is 0 Å². The first-order valence-corrected chi connectivity index (χ1v) is 6.57. The number of amides is 1. The van der Waals surface area contributed by atoms with Crippen LogP contribution in [0.15, 0.2) is 34.9 Å². The zero-order chi connectivity index (χ0) is 14.0. The number of nitrogen functional groups attached to an aromatic ring is 1. The highest BCUT2D eigenvalue weighted by molar-refractivity contribution is 9.10. The van der Waals surface area contributed by atoms with Gasteiger partial charge in [-0.05, 0) is 53.0 Å². The number of nitrogens with zero attached hydrogens (tertiary/aromatic N) is 1. The number of pyridine rings is 1. The Hall–Kier alpha value is -1.88. The lowest BCUT2D eigenvalue weighted by atomic mass is 10.1. The van der Waals surface area contributed by atoms with Crippen molar-refractivity contribution in [2.45, 2.75) is 13.8 Å². The number of aromatic nitrogens is 1. The summed E-state index contributed by atoms with van der Waals surface area (Å²) in [5.74, 6) is 0.285. The maximum absolute atomic E-state index is 12.2. The average molecular weight is 320 g/mol. The molecule has 1 aromatic carbocycles. The number of benzene rings is 1.